The molecule has 22 heavy (non-hydrogen) atoms. The number of hydrogen-bond donors (Lipinski definition) is 2. The highest BCUT2D eigenvalue weighted by atomic mass is 16.5. The number of rotatable bonds is 2. The number of nitrogens with zero attached hydrogens (tertiary/aromatic N) is 2. The fourth-order valence-electron chi connectivity index (χ4n) is 3.00. The van der Waals surface area contributed by atoms with Crippen LogP contribution in [0.4, 0.5) is 0 Å². The quantitative estimate of drug-likeness (QED) is 0.707. The molecule has 112 valence electrons. The van der Waals surface area contributed by atoms with Gasteiger partial charge in [0.25, 0.3) is 0 Å². The van der Waals surface area contributed by atoms with E-state index >= 15 is 0 Å². The molecule has 2 aromatic heterocycles. The second kappa shape index (κ2) is 5.28. The Balaban J connectivity index is 1.82. The van der Waals surface area contributed by atoms with Crippen molar-refractivity contribution in [2.45, 2.75) is 24.7 Å². The van der Waals surface area contributed by atoms with Gasteiger partial charge in [-0.05, 0) is 12.1 Å². The van der Waals surface area contributed by atoms with Crippen LogP contribution in [0.25, 0.3) is 21.8 Å². The molecule has 0 aliphatic carbocycles. The summed E-state index contributed by atoms with van der Waals surface area (Å²) in [5.74, 6) is 0. The van der Waals surface area contributed by atoms with Crippen molar-refractivity contribution >= 4 is 21.8 Å². The molecule has 3 aromatic rings. The first-order valence-corrected chi connectivity index (χ1v) is 7.35. The first-order valence-electron chi connectivity index (χ1n) is 7.35. The third-order valence-corrected chi connectivity index (χ3v) is 4.19. The molecule has 4 rings (SSSR count). The zero-order valence-corrected chi connectivity index (χ0v) is 11.9. The molecule has 1 fully saturated rings. The van der Waals surface area contributed by atoms with Crippen LogP contribution in [0.5, 0.6) is 0 Å². The zero-order chi connectivity index (χ0) is 15.1. The summed E-state index contributed by atoms with van der Waals surface area (Å²) in [5.41, 5.74) is 2.46. The van der Waals surface area contributed by atoms with Crippen LogP contribution >= 0.6 is 0 Å². The lowest BCUT2D eigenvalue weighted by molar-refractivity contribution is -0.0235. The van der Waals surface area contributed by atoms with Gasteiger partial charge in [0.1, 0.15) is 12.2 Å². The number of benzene rings is 1. The van der Waals surface area contributed by atoms with Gasteiger partial charge in [-0.1, -0.05) is 24.3 Å². The van der Waals surface area contributed by atoms with Crippen molar-refractivity contribution in [3.05, 3.63) is 48.3 Å². The SMILES string of the molecule is OCC1OC(c2ccc3ccc4cccnc4c3n2)CC1O. The normalized spacial score (nSPS) is 25.1. The maximum Gasteiger partial charge on any atom is 0.107 e. The van der Waals surface area contributed by atoms with E-state index in [4.69, 9.17) is 9.72 Å². The molecule has 1 aliphatic rings. The molecule has 1 aromatic carbocycles. The smallest absolute Gasteiger partial charge is 0.107 e. The Bertz CT molecular complexity index is 836. The van der Waals surface area contributed by atoms with Gasteiger partial charge >= 0.3 is 0 Å². The number of ether oxygens (including phenoxy) is 1. The molecule has 0 bridgehead atoms. The summed E-state index contributed by atoms with van der Waals surface area (Å²) in [7, 11) is 0. The molecule has 0 saturated carbocycles. The van der Waals surface area contributed by atoms with Gasteiger partial charge in [-0.15, -0.1) is 0 Å². The van der Waals surface area contributed by atoms with E-state index in [-0.39, 0.29) is 12.7 Å². The Morgan fingerprint density at radius 3 is 2.64 bits per heavy atom. The van der Waals surface area contributed by atoms with Gasteiger partial charge in [0.2, 0.25) is 0 Å². The molecule has 0 radical (unpaired) electrons. The summed E-state index contributed by atoms with van der Waals surface area (Å²) in [6.45, 7) is -0.185. The van der Waals surface area contributed by atoms with Crippen molar-refractivity contribution in [2.75, 3.05) is 6.61 Å². The van der Waals surface area contributed by atoms with E-state index in [1.807, 2.05) is 36.4 Å². The summed E-state index contributed by atoms with van der Waals surface area (Å²) in [6.07, 6.45) is 0.720. The lowest BCUT2D eigenvalue weighted by Gasteiger charge is -2.12. The van der Waals surface area contributed by atoms with Crippen LogP contribution in [0.2, 0.25) is 0 Å². The van der Waals surface area contributed by atoms with Gasteiger partial charge in [0, 0.05) is 23.4 Å². The molecule has 2 N–H and O–H groups in total. The standard InChI is InChI=1S/C17H16N2O3/c20-9-15-13(21)8-14(22-15)12-6-5-11-4-3-10-2-1-7-18-16(10)17(11)19-12/h1-7,13-15,20-21H,8-9H2. The second-order valence-electron chi connectivity index (χ2n) is 5.60. The van der Waals surface area contributed by atoms with E-state index in [0.717, 1.165) is 27.5 Å². The van der Waals surface area contributed by atoms with Crippen molar-refractivity contribution < 1.29 is 14.9 Å². The number of fused-ring (bicyclic) bond motifs is 3. The van der Waals surface area contributed by atoms with Crippen LogP contribution in [-0.4, -0.2) is 39.0 Å². The van der Waals surface area contributed by atoms with E-state index in [1.54, 1.807) is 6.20 Å². The largest absolute Gasteiger partial charge is 0.394 e. The molecule has 0 spiro atoms. The van der Waals surface area contributed by atoms with E-state index in [2.05, 4.69) is 4.98 Å². The molecule has 3 atom stereocenters. The Hall–Kier alpha value is -2.08. The third-order valence-electron chi connectivity index (χ3n) is 4.19. The average molecular weight is 296 g/mol. The van der Waals surface area contributed by atoms with Crippen molar-refractivity contribution in [1.82, 2.24) is 9.97 Å². The first-order chi connectivity index (χ1) is 10.8. The maximum atomic E-state index is 9.88. The highest BCUT2D eigenvalue weighted by Gasteiger charge is 2.35. The third kappa shape index (κ3) is 2.14. The van der Waals surface area contributed by atoms with Gasteiger partial charge in [-0.3, -0.25) is 4.98 Å². The number of hydrogen-bond acceptors (Lipinski definition) is 5. The predicted octanol–water partition coefficient (Wildman–Crippen LogP) is 1.97. The maximum absolute atomic E-state index is 9.88. The summed E-state index contributed by atoms with van der Waals surface area (Å²) >= 11 is 0. The van der Waals surface area contributed by atoms with Crippen LogP contribution < -0.4 is 0 Å². The van der Waals surface area contributed by atoms with Crippen LogP contribution in [0.15, 0.2) is 42.6 Å². The first kappa shape index (κ1) is 13.6. The lowest BCUT2D eigenvalue weighted by Crippen LogP contribution is -2.24. The highest BCUT2D eigenvalue weighted by molar-refractivity contribution is 6.02. The Morgan fingerprint density at radius 2 is 1.86 bits per heavy atom. The van der Waals surface area contributed by atoms with Crippen LogP contribution in [0.1, 0.15) is 18.2 Å². The Morgan fingerprint density at radius 1 is 1.09 bits per heavy atom. The minimum absolute atomic E-state index is 0.185. The summed E-state index contributed by atoms with van der Waals surface area (Å²) in [4.78, 5) is 9.14. The van der Waals surface area contributed by atoms with E-state index < -0.39 is 12.2 Å². The Labute approximate surface area is 127 Å². The molecule has 0 amide bonds. The van der Waals surface area contributed by atoms with Crippen LogP contribution in [0, 0.1) is 0 Å². The molecule has 5 nitrogen and oxygen atoms in total. The monoisotopic (exact) mass is 296 g/mol. The van der Waals surface area contributed by atoms with Crippen molar-refractivity contribution in [3.63, 3.8) is 0 Å². The van der Waals surface area contributed by atoms with E-state index in [0.29, 0.717) is 6.42 Å². The minimum atomic E-state index is -0.655. The molecule has 1 aliphatic heterocycles. The molecule has 1 saturated heterocycles. The minimum Gasteiger partial charge on any atom is -0.394 e. The van der Waals surface area contributed by atoms with Crippen molar-refractivity contribution in [1.29, 1.82) is 0 Å². The van der Waals surface area contributed by atoms with E-state index in [9.17, 15) is 10.2 Å². The van der Waals surface area contributed by atoms with Gasteiger partial charge in [-0.25, -0.2) is 4.98 Å². The van der Waals surface area contributed by atoms with Gasteiger partial charge in [0.05, 0.1) is 29.4 Å². The average Bonchev–Trinajstić information content (AvgIpc) is 2.95. The van der Waals surface area contributed by atoms with Gasteiger partial charge in [-0.2, -0.15) is 0 Å². The number of pyridine rings is 2. The summed E-state index contributed by atoms with van der Waals surface area (Å²) < 4.78 is 5.69. The van der Waals surface area contributed by atoms with Crippen molar-refractivity contribution in [3.8, 4) is 0 Å². The molecule has 3 heterocycles. The number of aliphatic hydroxyl groups excluding tert-OH is 2. The summed E-state index contributed by atoms with van der Waals surface area (Å²) in [5, 5.41) is 21.1. The Kier molecular flexibility index (Phi) is 3.26. The zero-order valence-electron chi connectivity index (χ0n) is 11.9. The topological polar surface area (TPSA) is 75.5 Å². The van der Waals surface area contributed by atoms with Crippen LogP contribution in [-0.2, 0) is 4.74 Å². The fourth-order valence-corrected chi connectivity index (χ4v) is 3.00. The molecular weight excluding hydrogens is 280 g/mol. The predicted molar refractivity (Wildman–Crippen MR) is 82.4 cm³/mol. The molecule has 3 unspecified atom stereocenters. The fraction of sp³-hybridized carbons (Fsp3) is 0.294. The second-order valence-corrected chi connectivity index (χ2v) is 5.60. The number of aromatic nitrogens is 2. The molecule has 5 heteroatoms. The van der Waals surface area contributed by atoms with Crippen molar-refractivity contribution in [2.24, 2.45) is 0 Å². The molecular formula is C17H16N2O3. The summed E-state index contributed by atoms with van der Waals surface area (Å²) in [6, 6.07) is 11.9. The lowest BCUT2D eigenvalue weighted by atomic mass is 10.1. The highest BCUT2D eigenvalue weighted by Crippen LogP contribution is 2.33. The van der Waals surface area contributed by atoms with Gasteiger partial charge in [0.15, 0.2) is 0 Å². The van der Waals surface area contributed by atoms with Crippen LogP contribution in [0.3, 0.4) is 0 Å². The van der Waals surface area contributed by atoms with Gasteiger partial charge < -0.3 is 14.9 Å². The number of aliphatic hydroxyl groups is 2. The van der Waals surface area contributed by atoms with E-state index in [1.165, 1.54) is 0 Å².